The molecule has 0 heterocycles. The quantitative estimate of drug-likeness (QED) is 0.320. The molecule has 0 aromatic heterocycles. The molecule has 2 aromatic carbocycles. The molecule has 8 heteroatoms. The van der Waals surface area contributed by atoms with Crippen LogP contribution in [0.5, 0.6) is 17.2 Å². The number of hydrogen-bond acceptors (Lipinski definition) is 5. The normalized spacial score (nSPS) is 11.1. The number of halogens is 3. The number of alkyl halides is 2. The summed E-state index contributed by atoms with van der Waals surface area (Å²) in [5, 5.41) is 0.346. The molecule has 0 saturated carbocycles. The van der Waals surface area contributed by atoms with Crippen molar-refractivity contribution in [1.82, 2.24) is 0 Å². The highest BCUT2D eigenvalue weighted by Crippen LogP contribution is 2.37. The zero-order chi connectivity index (χ0) is 20.0. The fourth-order valence-electron chi connectivity index (χ4n) is 2.32. The van der Waals surface area contributed by atoms with Gasteiger partial charge in [0.25, 0.3) is 5.76 Å². The Balaban J connectivity index is 2.25. The summed E-state index contributed by atoms with van der Waals surface area (Å²) in [5.41, 5.74) is 0.955. The van der Waals surface area contributed by atoms with Gasteiger partial charge >= 0.3 is 0 Å². The lowest BCUT2D eigenvalue weighted by atomic mass is 10.1. The van der Waals surface area contributed by atoms with E-state index in [2.05, 4.69) is 0 Å². The summed E-state index contributed by atoms with van der Waals surface area (Å²) in [7, 11) is 4.32. The second-order valence-corrected chi connectivity index (χ2v) is 6.62. The van der Waals surface area contributed by atoms with Crippen molar-refractivity contribution in [3.05, 3.63) is 52.6 Å². The molecule has 27 heavy (non-hydrogen) atoms. The van der Waals surface area contributed by atoms with Crippen molar-refractivity contribution < 1.29 is 27.8 Å². The minimum Gasteiger partial charge on any atom is -0.496 e. The number of allylic oxidation sites excluding steroid dienone is 1. The summed E-state index contributed by atoms with van der Waals surface area (Å²) in [5.74, 6) is -1.83. The molecule has 2 aromatic rings. The molecule has 0 amide bonds. The average molecular weight is 415 g/mol. The first-order valence-corrected chi connectivity index (χ1v) is 8.92. The van der Waals surface area contributed by atoms with Gasteiger partial charge in [-0.2, -0.15) is 8.78 Å². The van der Waals surface area contributed by atoms with Gasteiger partial charge in [0.1, 0.15) is 5.75 Å². The van der Waals surface area contributed by atoms with Crippen LogP contribution < -0.4 is 14.2 Å². The maximum Gasteiger partial charge on any atom is 0.289 e. The second kappa shape index (κ2) is 9.62. The maximum absolute atomic E-state index is 12.6. The molecule has 0 radical (unpaired) electrons. The molecule has 4 nitrogen and oxygen atoms in total. The predicted octanol–water partition coefficient (Wildman–Crippen LogP) is 5.58. The van der Waals surface area contributed by atoms with Gasteiger partial charge in [-0.1, -0.05) is 29.4 Å². The summed E-state index contributed by atoms with van der Waals surface area (Å²) < 4.78 is 40.6. The van der Waals surface area contributed by atoms with Gasteiger partial charge in [-0.3, -0.25) is 4.79 Å². The third-order valence-corrected chi connectivity index (χ3v) is 4.60. The fourth-order valence-corrected chi connectivity index (χ4v) is 3.21. The van der Waals surface area contributed by atoms with Crippen molar-refractivity contribution >= 4 is 35.2 Å². The third-order valence-electron chi connectivity index (χ3n) is 3.55. The summed E-state index contributed by atoms with van der Waals surface area (Å²) in [6.45, 7) is 0. The Bertz CT molecular complexity index is 856. The van der Waals surface area contributed by atoms with E-state index in [1.807, 2.05) is 0 Å². The van der Waals surface area contributed by atoms with Crippen LogP contribution in [0.1, 0.15) is 15.9 Å². The SMILES string of the molecule is COc1cc(C(=O)/C=C/c2cc(Cl)c(OC)c(OC)c2)ccc1SC(F)F. The van der Waals surface area contributed by atoms with E-state index in [1.165, 1.54) is 45.6 Å². The molecule has 0 aliphatic rings. The van der Waals surface area contributed by atoms with Crippen LogP contribution in [-0.2, 0) is 0 Å². The van der Waals surface area contributed by atoms with Crippen molar-refractivity contribution in [2.45, 2.75) is 10.7 Å². The highest BCUT2D eigenvalue weighted by atomic mass is 35.5. The monoisotopic (exact) mass is 414 g/mol. The van der Waals surface area contributed by atoms with Gasteiger partial charge in [-0.25, -0.2) is 0 Å². The number of thioether (sulfide) groups is 1. The zero-order valence-corrected chi connectivity index (χ0v) is 16.4. The van der Waals surface area contributed by atoms with E-state index in [4.69, 9.17) is 25.8 Å². The molecule has 0 saturated heterocycles. The van der Waals surface area contributed by atoms with Gasteiger partial charge in [0.05, 0.1) is 31.2 Å². The van der Waals surface area contributed by atoms with Crippen molar-refractivity contribution in [3.63, 3.8) is 0 Å². The summed E-state index contributed by atoms with van der Waals surface area (Å²) in [4.78, 5) is 12.7. The number of carbonyl (C=O) groups is 1. The third kappa shape index (κ3) is 5.37. The van der Waals surface area contributed by atoms with Gasteiger partial charge in [-0.15, -0.1) is 0 Å². The van der Waals surface area contributed by atoms with E-state index in [0.717, 1.165) is 0 Å². The summed E-state index contributed by atoms with van der Waals surface area (Å²) in [6.07, 6.45) is 2.93. The van der Waals surface area contributed by atoms with E-state index in [0.29, 0.717) is 39.4 Å². The highest BCUT2D eigenvalue weighted by molar-refractivity contribution is 7.99. The van der Waals surface area contributed by atoms with E-state index >= 15 is 0 Å². The first-order valence-electron chi connectivity index (χ1n) is 7.66. The van der Waals surface area contributed by atoms with E-state index in [-0.39, 0.29) is 16.4 Å². The molecular formula is C19H17ClF2O4S. The smallest absolute Gasteiger partial charge is 0.289 e. The number of carbonyl (C=O) groups excluding carboxylic acids is 1. The Morgan fingerprint density at radius 1 is 1.07 bits per heavy atom. The minimum atomic E-state index is -2.57. The van der Waals surface area contributed by atoms with Crippen LogP contribution in [0, 0.1) is 0 Å². The largest absolute Gasteiger partial charge is 0.496 e. The van der Waals surface area contributed by atoms with Crippen molar-refractivity contribution in [2.24, 2.45) is 0 Å². The van der Waals surface area contributed by atoms with E-state index in [9.17, 15) is 13.6 Å². The van der Waals surface area contributed by atoms with Gasteiger partial charge in [-0.05, 0) is 42.0 Å². The summed E-state index contributed by atoms with van der Waals surface area (Å²) >= 11 is 6.50. The number of rotatable bonds is 8. The molecule has 144 valence electrons. The average Bonchev–Trinajstić information content (AvgIpc) is 2.65. The van der Waals surface area contributed by atoms with Crippen molar-refractivity contribution in [2.75, 3.05) is 21.3 Å². The van der Waals surface area contributed by atoms with Crippen LogP contribution in [0.15, 0.2) is 41.3 Å². The van der Waals surface area contributed by atoms with Crippen molar-refractivity contribution in [1.29, 1.82) is 0 Å². The molecule has 0 aliphatic heterocycles. The highest BCUT2D eigenvalue weighted by Gasteiger charge is 2.14. The van der Waals surface area contributed by atoms with Gasteiger partial charge in [0, 0.05) is 5.56 Å². The van der Waals surface area contributed by atoms with Crippen LogP contribution in [0.2, 0.25) is 5.02 Å². The molecule has 0 atom stereocenters. The minimum absolute atomic E-state index is 0.216. The van der Waals surface area contributed by atoms with Gasteiger partial charge < -0.3 is 14.2 Å². The number of hydrogen-bond donors (Lipinski definition) is 0. The Morgan fingerprint density at radius 3 is 2.37 bits per heavy atom. The number of methoxy groups -OCH3 is 3. The zero-order valence-electron chi connectivity index (χ0n) is 14.8. The van der Waals surface area contributed by atoms with E-state index in [1.54, 1.807) is 18.2 Å². The number of ketones is 1. The fraction of sp³-hybridized carbons (Fsp3) is 0.211. The molecule has 0 aliphatic carbocycles. The van der Waals surface area contributed by atoms with Crippen LogP contribution in [0.3, 0.4) is 0 Å². The number of benzene rings is 2. The lowest BCUT2D eigenvalue weighted by Gasteiger charge is -2.10. The van der Waals surface area contributed by atoms with Crippen LogP contribution in [0.4, 0.5) is 8.78 Å². The van der Waals surface area contributed by atoms with Crippen LogP contribution in [-0.4, -0.2) is 32.9 Å². The molecule has 0 N–H and O–H groups in total. The second-order valence-electron chi connectivity index (χ2n) is 5.18. The van der Waals surface area contributed by atoms with Gasteiger partial charge in [0.2, 0.25) is 0 Å². The molecule has 0 fully saturated rings. The lowest BCUT2D eigenvalue weighted by molar-refractivity contribution is 0.104. The molecular weight excluding hydrogens is 398 g/mol. The number of ether oxygens (including phenoxy) is 3. The maximum atomic E-state index is 12.6. The van der Waals surface area contributed by atoms with E-state index < -0.39 is 5.76 Å². The Hall–Kier alpha value is -2.25. The summed E-state index contributed by atoms with van der Waals surface area (Å²) in [6, 6.07) is 7.65. The molecule has 0 unspecified atom stereocenters. The molecule has 0 bridgehead atoms. The molecule has 0 spiro atoms. The van der Waals surface area contributed by atoms with Crippen LogP contribution >= 0.6 is 23.4 Å². The lowest BCUT2D eigenvalue weighted by Crippen LogP contribution is -1.97. The standard InChI is InChI=1S/C19H17ClF2O4S/c1-24-15-10-12(5-7-17(15)27-19(21)22)14(23)6-4-11-8-13(20)18(26-3)16(9-11)25-2/h4-10,19H,1-3H3/b6-4+. The first kappa shape index (κ1) is 21.1. The molecule has 2 rings (SSSR count). The predicted molar refractivity (Wildman–Crippen MR) is 103 cm³/mol. The first-order chi connectivity index (χ1) is 12.9. The Labute approximate surface area is 165 Å². The van der Waals surface area contributed by atoms with Crippen LogP contribution in [0.25, 0.3) is 6.08 Å². The topological polar surface area (TPSA) is 44.8 Å². The Kier molecular flexibility index (Phi) is 7.50. The van der Waals surface area contributed by atoms with Gasteiger partial charge in [0.15, 0.2) is 17.3 Å². The Morgan fingerprint density at radius 2 is 1.78 bits per heavy atom. The van der Waals surface area contributed by atoms with Crippen molar-refractivity contribution in [3.8, 4) is 17.2 Å².